The van der Waals surface area contributed by atoms with Crippen LogP contribution < -0.4 is 4.90 Å². The number of rotatable bonds is 5. The molecule has 0 spiro atoms. The summed E-state index contributed by atoms with van der Waals surface area (Å²) in [6.07, 6.45) is 5.90. The first-order valence-corrected chi connectivity index (χ1v) is 7.23. The van der Waals surface area contributed by atoms with Gasteiger partial charge in [0.2, 0.25) is 0 Å². The summed E-state index contributed by atoms with van der Waals surface area (Å²) >= 11 is 0. The maximum Gasteiger partial charge on any atom is 0.335 e. The Kier molecular flexibility index (Phi) is 4.14. The number of benzene rings is 1. The fraction of sp³-hybridized carbons (Fsp3) is 0.176. The predicted molar refractivity (Wildman–Crippen MR) is 87.7 cm³/mol. The lowest BCUT2D eigenvalue weighted by molar-refractivity contribution is 0.0697. The van der Waals surface area contributed by atoms with E-state index in [9.17, 15) is 4.79 Å². The number of nitrogens with zero attached hydrogens (tertiary/aromatic N) is 4. The van der Waals surface area contributed by atoms with Crippen LogP contribution in [-0.2, 0) is 6.42 Å². The molecule has 23 heavy (non-hydrogen) atoms. The second-order valence-electron chi connectivity index (χ2n) is 5.26. The molecule has 0 bridgehead atoms. The van der Waals surface area contributed by atoms with Gasteiger partial charge in [0.15, 0.2) is 0 Å². The van der Waals surface area contributed by atoms with E-state index in [1.54, 1.807) is 30.6 Å². The van der Waals surface area contributed by atoms with Crippen LogP contribution >= 0.6 is 0 Å². The van der Waals surface area contributed by atoms with Crippen molar-refractivity contribution in [3.8, 4) is 0 Å². The van der Waals surface area contributed by atoms with Crippen molar-refractivity contribution in [1.82, 2.24) is 15.0 Å². The Morgan fingerprint density at radius 2 is 1.96 bits per heavy atom. The van der Waals surface area contributed by atoms with E-state index < -0.39 is 5.97 Å². The minimum Gasteiger partial charge on any atom is -0.478 e. The molecule has 1 aromatic carbocycles. The van der Waals surface area contributed by atoms with Crippen molar-refractivity contribution in [2.75, 3.05) is 18.5 Å². The Labute approximate surface area is 133 Å². The van der Waals surface area contributed by atoms with Crippen LogP contribution in [0, 0.1) is 0 Å². The Morgan fingerprint density at radius 3 is 2.70 bits per heavy atom. The van der Waals surface area contributed by atoms with Gasteiger partial charge in [0.25, 0.3) is 0 Å². The van der Waals surface area contributed by atoms with E-state index >= 15 is 0 Å². The van der Waals surface area contributed by atoms with Crippen molar-refractivity contribution in [2.24, 2.45) is 0 Å². The first-order valence-electron chi connectivity index (χ1n) is 7.23. The minimum absolute atomic E-state index is 0.224. The normalized spacial score (nSPS) is 10.7. The summed E-state index contributed by atoms with van der Waals surface area (Å²) in [5.41, 5.74) is 2.06. The van der Waals surface area contributed by atoms with Crippen molar-refractivity contribution in [1.29, 1.82) is 0 Å². The van der Waals surface area contributed by atoms with Gasteiger partial charge in [-0.2, -0.15) is 0 Å². The van der Waals surface area contributed by atoms with Gasteiger partial charge in [0.05, 0.1) is 11.1 Å². The number of carboxylic acid groups (broad SMARTS) is 1. The molecule has 3 rings (SSSR count). The molecule has 0 saturated heterocycles. The van der Waals surface area contributed by atoms with Crippen molar-refractivity contribution in [3.05, 3.63) is 60.2 Å². The topological polar surface area (TPSA) is 79.2 Å². The van der Waals surface area contributed by atoms with Crippen molar-refractivity contribution < 1.29 is 9.90 Å². The SMILES string of the molecule is CN(CCc1ccncc1)c1ncnc2cc(C(=O)O)ccc12. The molecule has 0 aliphatic heterocycles. The molecular weight excluding hydrogens is 292 g/mol. The van der Waals surface area contributed by atoms with Crippen molar-refractivity contribution in [3.63, 3.8) is 0 Å². The number of hydrogen-bond donors (Lipinski definition) is 1. The van der Waals surface area contributed by atoms with Crippen LogP contribution in [0.5, 0.6) is 0 Å². The van der Waals surface area contributed by atoms with Crippen LogP contribution in [-0.4, -0.2) is 39.6 Å². The third-order valence-corrected chi connectivity index (χ3v) is 3.71. The molecule has 3 aromatic rings. The molecule has 6 nitrogen and oxygen atoms in total. The number of carboxylic acids is 1. The number of pyridine rings is 1. The number of hydrogen-bond acceptors (Lipinski definition) is 5. The zero-order valence-corrected chi connectivity index (χ0v) is 12.7. The van der Waals surface area contributed by atoms with Crippen LogP contribution in [0.15, 0.2) is 49.1 Å². The summed E-state index contributed by atoms with van der Waals surface area (Å²) in [5, 5.41) is 9.92. The van der Waals surface area contributed by atoms with Crippen LogP contribution in [0.25, 0.3) is 10.9 Å². The molecule has 0 amide bonds. The van der Waals surface area contributed by atoms with Gasteiger partial charge in [0.1, 0.15) is 12.1 Å². The van der Waals surface area contributed by atoms with E-state index in [4.69, 9.17) is 5.11 Å². The van der Waals surface area contributed by atoms with Crippen molar-refractivity contribution >= 4 is 22.7 Å². The average Bonchev–Trinajstić information content (AvgIpc) is 2.59. The lowest BCUT2D eigenvalue weighted by atomic mass is 10.1. The van der Waals surface area contributed by atoms with E-state index in [0.717, 1.165) is 24.2 Å². The quantitative estimate of drug-likeness (QED) is 0.779. The zero-order chi connectivity index (χ0) is 16.2. The third kappa shape index (κ3) is 3.26. The van der Waals surface area contributed by atoms with Crippen LogP contribution in [0.2, 0.25) is 0 Å². The number of anilines is 1. The summed E-state index contributed by atoms with van der Waals surface area (Å²) in [6, 6.07) is 8.89. The van der Waals surface area contributed by atoms with Crippen molar-refractivity contribution in [2.45, 2.75) is 6.42 Å². The fourth-order valence-corrected chi connectivity index (χ4v) is 2.43. The van der Waals surface area contributed by atoms with Gasteiger partial charge in [-0.25, -0.2) is 14.8 Å². The van der Waals surface area contributed by atoms with Crippen LogP contribution in [0.3, 0.4) is 0 Å². The van der Waals surface area contributed by atoms with E-state index in [0.29, 0.717) is 5.52 Å². The number of fused-ring (bicyclic) bond motifs is 1. The Balaban J connectivity index is 1.85. The molecule has 0 atom stereocenters. The largest absolute Gasteiger partial charge is 0.478 e. The monoisotopic (exact) mass is 308 g/mol. The smallest absolute Gasteiger partial charge is 0.335 e. The van der Waals surface area contributed by atoms with E-state index in [-0.39, 0.29) is 5.56 Å². The number of likely N-dealkylation sites (N-methyl/N-ethyl adjacent to an activating group) is 1. The highest BCUT2D eigenvalue weighted by Gasteiger charge is 2.11. The maximum absolute atomic E-state index is 11.1. The first kappa shape index (κ1) is 14.9. The molecule has 6 heteroatoms. The standard InChI is InChI=1S/C17H16N4O2/c1-21(9-6-12-4-7-18-8-5-12)16-14-3-2-13(17(22)23)10-15(14)19-11-20-16/h2-5,7-8,10-11H,6,9H2,1H3,(H,22,23). The molecule has 2 heterocycles. The van der Waals surface area contributed by atoms with Crippen LogP contribution in [0.4, 0.5) is 5.82 Å². The van der Waals surface area contributed by atoms with Gasteiger partial charge >= 0.3 is 5.97 Å². The number of aromatic nitrogens is 3. The molecule has 116 valence electrons. The zero-order valence-electron chi connectivity index (χ0n) is 12.7. The molecule has 0 fully saturated rings. The summed E-state index contributed by atoms with van der Waals surface area (Å²) in [7, 11) is 1.97. The summed E-state index contributed by atoms with van der Waals surface area (Å²) < 4.78 is 0. The lowest BCUT2D eigenvalue weighted by Crippen LogP contribution is -2.21. The lowest BCUT2D eigenvalue weighted by Gasteiger charge is -2.19. The molecule has 0 radical (unpaired) electrons. The highest BCUT2D eigenvalue weighted by Crippen LogP contribution is 2.23. The van der Waals surface area contributed by atoms with E-state index in [2.05, 4.69) is 15.0 Å². The maximum atomic E-state index is 11.1. The Hall–Kier alpha value is -3.02. The Bertz CT molecular complexity index is 836. The second kappa shape index (κ2) is 6.39. The minimum atomic E-state index is -0.960. The first-order chi connectivity index (χ1) is 11.1. The van der Waals surface area contributed by atoms with Gasteiger partial charge in [-0.3, -0.25) is 4.98 Å². The van der Waals surface area contributed by atoms with Crippen LogP contribution in [0.1, 0.15) is 15.9 Å². The van der Waals surface area contributed by atoms with Gasteiger partial charge in [-0.1, -0.05) is 0 Å². The van der Waals surface area contributed by atoms with Gasteiger partial charge in [-0.15, -0.1) is 0 Å². The summed E-state index contributed by atoms with van der Waals surface area (Å²) in [5.74, 6) is -0.168. The van der Waals surface area contributed by atoms with Gasteiger partial charge in [-0.05, 0) is 42.3 Å². The fourth-order valence-electron chi connectivity index (χ4n) is 2.43. The molecule has 0 aliphatic carbocycles. The number of aromatic carboxylic acids is 1. The Morgan fingerprint density at radius 1 is 1.17 bits per heavy atom. The van der Waals surface area contributed by atoms with Gasteiger partial charge < -0.3 is 10.0 Å². The van der Waals surface area contributed by atoms with E-state index in [1.807, 2.05) is 24.1 Å². The molecular formula is C17H16N4O2. The van der Waals surface area contributed by atoms with Gasteiger partial charge in [0, 0.05) is 31.4 Å². The third-order valence-electron chi connectivity index (χ3n) is 3.71. The van der Waals surface area contributed by atoms with E-state index in [1.165, 1.54) is 11.9 Å². The summed E-state index contributed by atoms with van der Waals surface area (Å²) in [6.45, 7) is 0.789. The highest BCUT2D eigenvalue weighted by molar-refractivity contribution is 5.96. The molecule has 0 saturated carbocycles. The summed E-state index contributed by atoms with van der Waals surface area (Å²) in [4.78, 5) is 25.6. The second-order valence-corrected chi connectivity index (χ2v) is 5.26. The molecule has 1 N–H and O–H groups in total. The average molecular weight is 308 g/mol. The molecule has 0 aliphatic rings. The highest BCUT2D eigenvalue weighted by atomic mass is 16.4. The number of carbonyl (C=O) groups is 1. The predicted octanol–water partition coefficient (Wildman–Crippen LogP) is 2.40. The molecule has 0 unspecified atom stereocenters. The molecule has 2 aromatic heterocycles.